The Morgan fingerprint density at radius 2 is 1.94 bits per heavy atom. The molecule has 1 atom stereocenters. The number of rotatable bonds is 3. The molecule has 1 saturated heterocycles. The molecular weight excluding hydrogens is 448 g/mol. The number of carbonyl (C=O) groups excluding carboxylic acids is 2. The van der Waals surface area contributed by atoms with Crippen molar-refractivity contribution in [1.29, 1.82) is 0 Å². The van der Waals surface area contributed by atoms with Gasteiger partial charge in [-0.3, -0.25) is 14.5 Å². The molecule has 1 aromatic heterocycles. The van der Waals surface area contributed by atoms with Gasteiger partial charge in [0.1, 0.15) is 17.6 Å². The zero-order valence-corrected chi connectivity index (χ0v) is 18.4. The van der Waals surface area contributed by atoms with Crippen LogP contribution in [0.1, 0.15) is 34.0 Å². The molecule has 0 saturated carbocycles. The zero-order chi connectivity index (χ0) is 23.3. The Labute approximate surface area is 192 Å². The van der Waals surface area contributed by atoms with Crippen LogP contribution in [-0.2, 0) is 16.0 Å². The lowest BCUT2D eigenvalue weighted by Gasteiger charge is -2.25. The largest absolute Gasteiger partial charge is 0.507 e. The number of anilines is 1. The number of amides is 1. The summed E-state index contributed by atoms with van der Waals surface area (Å²) in [6.45, 7) is 2.45. The number of benzene rings is 2. The van der Waals surface area contributed by atoms with E-state index in [4.69, 9.17) is 4.74 Å². The van der Waals surface area contributed by atoms with Crippen molar-refractivity contribution in [3.05, 3.63) is 86.6 Å². The Hall–Kier alpha value is -3.52. The molecule has 3 heterocycles. The highest BCUT2D eigenvalue weighted by molar-refractivity contribution is 7.10. The second kappa shape index (κ2) is 8.12. The average Bonchev–Trinajstić information content (AvgIpc) is 3.35. The summed E-state index contributed by atoms with van der Waals surface area (Å²) in [6.07, 6.45) is 1.61. The van der Waals surface area contributed by atoms with Crippen LogP contribution in [0.25, 0.3) is 5.76 Å². The van der Waals surface area contributed by atoms with E-state index < -0.39 is 29.4 Å². The fourth-order valence-electron chi connectivity index (χ4n) is 4.31. The standard InChI is InChI=1S/C25H19F2NO4S/c1-13-8-10-33-24(13)21-20(22(29)15-4-7-19-14(11-15)3-2-9-32-19)23(30)25(31)28(21)16-5-6-17(26)18(27)12-16/h4-8,10-12,21,29H,2-3,9H2,1H3/b22-20-. The Morgan fingerprint density at radius 3 is 2.67 bits per heavy atom. The van der Waals surface area contributed by atoms with Gasteiger partial charge in [0.25, 0.3) is 11.7 Å². The second-order valence-corrected chi connectivity index (χ2v) is 8.96. The number of aryl methyl sites for hydroxylation is 2. The van der Waals surface area contributed by atoms with Gasteiger partial charge in [0, 0.05) is 22.2 Å². The van der Waals surface area contributed by atoms with Crippen molar-refractivity contribution < 1.29 is 28.2 Å². The molecule has 0 aliphatic carbocycles. The van der Waals surface area contributed by atoms with Gasteiger partial charge < -0.3 is 9.84 Å². The van der Waals surface area contributed by atoms with Gasteiger partial charge in [0.15, 0.2) is 11.6 Å². The maximum Gasteiger partial charge on any atom is 0.300 e. The summed E-state index contributed by atoms with van der Waals surface area (Å²) in [6, 6.07) is 9.04. The molecule has 0 spiro atoms. The highest BCUT2D eigenvalue weighted by Gasteiger charge is 2.48. The van der Waals surface area contributed by atoms with E-state index in [-0.39, 0.29) is 17.0 Å². The van der Waals surface area contributed by atoms with Crippen LogP contribution in [0.2, 0.25) is 0 Å². The lowest BCUT2D eigenvalue weighted by Crippen LogP contribution is -2.29. The van der Waals surface area contributed by atoms with Gasteiger partial charge in [0.2, 0.25) is 0 Å². The number of thiophene rings is 1. The molecule has 2 aliphatic rings. The summed E-state index contributed by atoms with van der Waals surface area (Å²) < 4.78 is 33.2. The number of fused-ring (bicyclic) bond motifs is 1. The predicted molar refractivity (Wildman–Crippen MR) is 120 cm³/mol. The van der Waals surface area contributed by atoms with Crippen LogP contribution in [0.4, 0.5) is 14.5 Å². The lowest BCUT2D eigenvalue weighted by molar-refractivity contribution is -0.132. The molecule has 1 amide bonds. The molecule has 2 aliphatic heterocycles. The number of aliphatic hydroxyl groups excluding tert-OH is 1. The van der Waals surface area contributed by atoms with Crippen molar-refractivity contribution in [2.24, 2.45) is 0 Å². The zero-order valence-electron chi connectivity index (χ0n) is 17.6. The highest BCUT2D eigenvalue weighted by Crippen LogP contribution is 2.45. The monoisotopic (exact) mass is 467 g/mol. The first kappa shape index (κ1) is 21.3. The Bertz CT molecular complexity index is 1330. The van der Waals surface area contributed by atoms with E-state index in [9.17, 15) is 23.5 Å². The van der Waals surface area contributed by atoms with Gasteiger partial charge in [-0.1, -0.05) is 0 Å². The first-order valence-corrected chi connectivity index (χ1v) is 11.3. The fraction of sp³-hybridized carbons (Fsp3) is 0.200. The topological polar surface area (TPSA) is 66.8 Å². The van der Waals surface area contributed by atoms with Crippen molar-refractivity contribution in [3.63, 3.8) is 0 Å². The lowest BCUT2D eigenvalue weighted by atomic mass is 9.96. The predicted octanol–water partition coefficient (Wildman–Crippen LogP) is 5.29. The number of aliphatic hydroxyl groups is 1. The minimum Gasteiger partial charge on any atom is -0.507 e. The van der Waals surface area contributed by atoms with Gasteiger partial charge in [-0.15, -0.1) is 11.3 Å². The van der Waals surface area contributed by atoms with E-state index in [1.54, 1.807) is 18.2 Å². The van der Waals surface area contributed by atoms with E-state index in [2.05, 4.69) is 0 Å². The van der Waals surface area contributed by atoms with Gasteiger partial charge in [-0.05, 0) is 72.7 Å². The summed E-state index contributed by atoms with van der Waals surface area (Å²) in [5, 5.41) is 13.1. The summed E-state index contributed by atoms with van der Waals surface area (Å²) in [4.78, 5) is 28.0. The van der Waals surface area contributed by atoms with Crippen molar-refractivity contribution in [1.82, 2.24) is 0 Å². The SMILES string of the molecule is Cc1ccsc1C1/C(=C(/O)c2ccc3c(c2)CCCO3)C(=O)C(=O)N1c1ccc(F)c(F)c1. The van der Waals surface area contributed by atoms with Crippen LogP contribution in [0, 0.1) is 18.6 Å². The van der Waals surface area contributed by atoms with E-state index in [1.165, 1.54) is 17.4 Å². The molecule has 5 nitrogen and oxygen atoms in total. The smallest absolute Gasteiger partial charge is 0.300 e. The number of ketones is 1. The van der Waals surface area contributed by atoms with Crippen LogP contribution >= 0.6 is 11.3 Å². The average molecular weight is 467 g/mol. The van der Waals surface area contributed by atoms with E-state index in [0.29, 0.717) is 17.0 Å². The first-order valence-electron chi connectivity index (χ1n) is 10.4. The summed E-state index contributed by atoms with van der Waals surface area (Å²) in [7, 11) is 0. The minimum atomic E-state index is -1.13. The van der Waals surface area contributed by atoms with Crippen molar-refractivity contribution >= 4 is 34.5 Å². The highest BCUT2D eigenvalue weighted by atomic mass is 32.1. The summed E-state index contributed by atoms with van der Waals surface area (Å²) in [5.41, 5.74) is 2.05. The molecule has 2 aromatic carbocycles. The first-order chi connectivity index (χ1) is 15.9. The number of hydrogen-bond donors (Lipinski definition) is 1. The minimum absolute atomic E-state index is 0.0340. The Balaban J connectivity index is 1.70. The Kier molecular flexibility index (Phi) is 5.25. The number of ether oxygens (including phenoxy) is 1. The molecule has 33 heavy (non-hydrogen) atoms. The third-order valence-electron chi connectivity index (χ3n) is 5.96. The molecule has 3 aromatic rings. The second-order valence-electron chi connectivity index (χ2n) is 8.01. The van der Waals surface area contributed by atoms with Crippen molar-refractivity contribution in [2.75, 3.05) is 11.5 Å². The molecule has 1 N–H and O–H groups in total. The molecule has 0 radical (unpaired) electrons. The summed E-state index contributed by atoms with van der Waals surface area (Å²) in [5.74, 6) is -3.58. The van der Waals surface area contributed by atoms with Crippen LogP contribution < -0.4 is 9.64 Å². The number of hydrogen-bond acceptors (Lipinski definition) is 5. The molecule has 5 rings (SSSR count). The van der Waals surface area contributed by atoms with Crippen LogP contribution in [-0.4, -0.2) is 23.4 Å². The quantitative estimate of drug-likeness (QED) is 0.323. The van der Waals surface area contributed by atoms with E-state index in [1.807, 2.05) is 18.4 Å². The van der Waals surface area contributed by atoms with E-state index in [0.717, 1.165) is 46.8 Å². The van der Waals surface area contributed by atoms with Crippen LogP contribution in [0.3, 0.4) is 0 Å². The van der Waals surface area contributed by atoms with Gasteiger partial charge >= 0.3 is 0 Å². The van der Waals surface area contributed by atoms with Gasteiger partial charge in [-0.25, -0.2) is 8.78 Å². The number of carbonyl (C=O) groups is 2. The van der Waals surface area contributed by atoms with Crippen molar-refractivity contribution in [2.45, 2.75) is 25.8 Å². The fourth-order valence-corrected chi connectivity index (χ4v) is 5.33. The number of halogens is 2. The number of Topliss-reactive ketones (excluding diaryl/α,β-unsaturated/α-hetero) is 1. The number of nitrogens with zero attached hydrogens (tertiary/aromatic N) is 1. The molecule has 1 unspecified atom stereocenters. The van der Waals surface area contributed by atoms with Crippen molar-refractivity contribution in [3.8, 4) is 5.75 Å². The van der Waals surface area contributed by atoms with Gasteiger partial charge in [0.05, 0.1) is 12.2 Å². The van der Waals surface area contributed by atoms with Gasteiger partial charge in [-0.2, -0.15) is 0 Å². The maximum atomic E-state index is 14.0. The maximum absolute atomic E-state index is 14.0. The Morgan fingerprint density at radius 1 is 1.12 bits per heavy atom. The molecule has 0 bridgehead atoms. The van der Waals surface area contributed by atoms with E-state index >= 15 is 0 Å². The van der Waals surface area contributed by atoms with Crippen LogP contribution in [0.15, 0.2) is 53.4 Å². The molecule has 168 valence electrons. The normalized spacial score (nSPS) is 19.5. The third kappa shape index (κ3) is 3.51. The molecule has 8 heteroatoms. The molecule has 1 fully saturated rings. The molecular formula is C25H19F2NO4S. The summed E-state index contributed by atoms with van der Waals surface area (Å²) >= 11 is 1.32. The van der Waals surface area contributed by atoms with Crippen LogP contribution in [0.5, 0.6) is 5.75 Å². The third-order valence-corrected chi connectivity index (χ3v) is 7.03.